The molecule has 1 unspecified atom stereocenters. The van der Waals surface area contributed by atoms with Gasteiger partial charge in [0.25, 0.3) is 0 Å². The number of carbonyl (C=O) groups is 1. The summed E-state index contributed by atoms with van der Waals surface area (Å²) in [6, 6.07) is 5.22. The van der Waals surface area contributed by atoms with Crippen LogP contribution in [0.25, 0.3) is 0 Å². The third-order valence-electron chi connectivity index (χ3n) is 2.55. The van der Waals surface area contributed by atoms with Gasteiger partial charge >= 0.3 is 5.97 Å². The molecule has 16 heavy (non-hydrogen) atoms. The lowest BCUT2D eigenvalue weighted by atomic mass is 9.93. The minimum atomic E-state index is -0.869. The van der Waals surface area contributed by atoms with Gasteiger partial charge in [-0.15, -0.1) is 0 Å². The van der Waals surface area contributed by atoms with Crippen LogP contribution in [-0.2, 0) is 11.3 Å². The van der Waals surface area contributed by atoms with Gasteiger partial charge in [-0.3, -0.25) is 0 Å². The maximum absolute atomic E-state index is 10.8. The normalized spacial score (nSPS) is 18.1. The first-order valence-corrected chi connectivity index (χ1v) is 5.07. The van der Waals surface area contributed by atoms with Gasteiger partial charge < -0.3 is 14.9 Å². The number of ether oxygens (including phenoxy) is 1. The lowest BCUT2D eigenvalue weighted by Gasteiger charge is -2.22. The van der Waals surface area contributed by atoms with Crippen LogP contribution in [-0.4, -0.2) is 29.9 Å². The summed E-state index contributed by atoms with van der Waals surface area (Å²) in [5.74, 6) is -0.579. The summed E-state index contributed by atoms with van der Waals surface area (Å²) in [7, 11) is 1.00. The van der Waals surface area contributed by atoms with Gasteiger partial charge in [-0.1, -0.05) is 13.0 Å². The van der Waals surface area contributed by atoms with E-state index >= 15 is 0 Å². The predicted octanol–water partition coefficient (Wildman–Crippen LogP) is 1.63. The first-order valence-electron chi connectivity index (χ1n) is 5.07. The minimum Gasteiger partial charge on any atom is -0.478 e. The van der Waals surface area contributed by atoms with Gasteiger partial charge in [0, 0.05) is 13.0 Å². The number of rotatable bonds is 1. The quantitative estimate of drug-likeness (QED) is 0.760. The number of carboxylic acid groups (broad SMARTS) is 1. The molecule has 4 nitrogen and oxygen atoms in total. The lowest BCUT2D eigenvalue weighted by molar-refractivity contribution is 0.0695. The smallest absolute Gasteiger partial charge is 0.335 e. The number of hydrogen-bond donors (Lipinski definition) is 2. The van der Waals surface area contributed by atoms with Crippen molar-refractivity contribution in [2.24, 2.45) is 0 Å². The van der Waals surface area contributed by atoms with Gasteiger partial charge in [0.05, 0.1) is 18.8 Å². The standard InChI is InChI=1S/C11H12O3.CH4O/c1-7-5-14-6-9-3-2-8(11(12)13)4-10(7)9;1-2/h2-4,7H,5-6H2,1H3,(H,12,13);2H,1H3. The Morgan fingerprint density at radius 1 is 1.44 bits per heavy atom. The van der Waals surface area contributed by atoms with Gasteiger partial charge in [-0.05, 0) is 23.3 Å². The lowest BCUT2D eigenvalue weighted by Crippen LogP contribution is -2.15. The van der Waals surface area contributed by atoms with Crippen LogP contribution < -0.4 is 0 Å². The van der Waals surface area contributed by atoms with Crippen molar-refractivity contribution in [3.63, 3.8) is 0 Å². The first kappa shape index (κ1) is 12.7. The molecule has 0 radical (unpaired) electrons. The molecule has 0 fully saturated rings. The van der Waals surface area contributed by atoms with Gasteiger partial charge in [0.15, 0.2) is 0 Å². The molecule has 4 heteroatoms. The molecule has 1 aliphatic heterocycles. The largest absolute Gasteiger partial charge is 0.478 e. The van der Waals surface area contributed by atoms with Crippen molar-refractivity contribution in [1.82, 2.24) is 0 Å². The number of fused-ring (bicyclic) bond motifs is 1. The molecule has 1 aliphatic rings. The number of hydrogen-bond acceptors (Lipinski definition) is 3. The average molecular weight is 224 g/mol. The van der Waals surface area contributed by atoms with Crippen LogP contribution >= 0.6 is 0 Å². The Balaban J connectivity index is 0.000000606. The summed E-state index contributed by atoms with van der Waals surface area (Å²) in [5, 5.41) is 15.8. The van der Waals surface area contributed by atoms with Crippen LogP contribution in [0.2, 0.25) is 0 Å². The average Bonchev–Trinajstić information content (AvgIpc) is 2.32. The topological polar surface area (TPSA) is 66.8 Å². The highest BCUT2D eigenvalue weighted by Gasteiger charge is 2.18. The van der Waals surface area contributed by atoms with Crippen molar-refractivity contribution in [3.05, 3.63) is 34.9 Å². The molecular weight excluding hydrogens is 208 g/mol. The summed E-state index contributed by atoms with van der Waals surface area (Å²) < 4.78 is 5.36. The minimum absolute atomic E-state index is 0.290. The second-order valence-electron chi connectivity index (χ2n) is 3.63. The molecule has 0 saturated carbocycles. The Morgan fingerprint density at radius 2 is 2.12 bits per heavy atom. The molecule has 1 aromatic rings. The van der Waals surface area contributed by atoms with E-state index in [1.54, 1.807) is 12.1 Å². The number of benzene rings is 1. The van der Waals surface area contributed by atoms with Crippen molar-refractivity contribution in [2.45, 2.75) is 19.4 Å². The van der Waals surface area contributed by atoms with Crippen molar-refractivity contribution in [1.29, 1.82) is 0 Å². The van der Waals surface area contributed by atoms with Crippen molar-refractivity contribution in [3.8, 4) is 0 Å². The van der Waals surface area contributed by atoms with E-state index in [-0.39, 0.29) is 5.92 Å². The highest BCUT2D eigenvalue weighted by molar-refractivity contribution is 5.88. The molecule has 0 aliphatic carbocycles. The molecule has 0 aromatic heterocycles. The molecule has 0 spiro atoms. The highest BCUT2D eigenvalue weighted by Crippen LogP contribution is 2.26. The van der Waals surface area contributed by atoms with E-state index < -0.39 is 5.97 Å². The SMILES string of the molecule is CC1COCc2ccc(C(=O)O)cc21.CO. The van der Waals surface area contributed by atoms with Crippen molar-refractivity contribution < 1.29 is 19.7 Å². The number of aliphatic hydroxyl groups is 1. The zero-order valence-electron chi connectivity index (χ0n) is 9.43. The summed E-state index contributed by atoms with van der Waals surface area (Å²) >= 11 is 0. The van der Waals surface area contributed by atoms with E-state index in [0.29, 0.717) is 18.8 Å². The maximum Gasteiger partial charge on any atom is 0.335 e. The maximum atomic E-state index is 10.8. The fourth-order valence-corrected chi connectivity index (χ4v) is 1.75. The number of aliphatic hydroxyl groups excluding tert-OH is 1. The summed E-state index contributed by atoms with van der Waals surface area (Å²) in [5.41, 5.74) is 2.57. The Morgan fingerprint density at radius 3 is 2.75 bits per heavy atom. The van der Waals surface area contributed by atoms with E-state index in [9.17, 15) is 4.79 Å². The van der Waals surface area contributed by atoms with E-state index in [1.165, 1.54) is 0 Å². The third kappa shape index (κ3) is 2.59. The third-order valence-corrected chi connectivity index (χ3v) is 2.55. The molecule has 88 valence electrons. The number of aromatic carboxylic acids is 1. The molecule has 0 bridgehead atoms. The zero-order valence-corrected chi connectivity index (χ0v) is 9.43. The molecule has 0 saturated heterocycles. The van der Waals surface area contributed by atoms with Crippen LogP contribution in [0.3, 0.4) is 0 Å². The predicted molar refractivity (Wildman–Crippen MR) is 59.6 cm³/mol. The molecule has 1 aromatic carbocycles. The molecular formula is C12H16O4. The summed E-state index contributed by atoms with van der Waals surface area (Å²) in [6.45, 7) is 3.32. The van der Waals surface area contributed by atoms with Crippen molar-refractivity contribution in [2.75, 3.05) is 13.7 Å². The summed E-state index contributed by atoms with van der Waals surface area (Å²) in [4.78, 5) is 10.8. The van der Waals surface area contributed by atoms with Crippen LogP contribution in [0.1, 0.15) is 34.3 Å². The fraction of sp³-hybridized carbons (Fsp3) is 0.417. The molecule has 1 atom stereocenters. The molecule has 0 amide bonds. The summed E-state index contributed by atoms with van der Waals surface area (Å²) in [6.07, 6.45) is 0. The van der Waals surface area contributed by atoms with E-state index in [0.717, 1.165) is 18.2 Å². The molecule has 1 heterocycles. The second kappa shape index (κ2) is 5.63. The first-order chi connectivity index (χ1) is 7.68. The van der Waals surface area contributed by atoms with Gasteiger partial charge in [-0.2, -0.15) is 0 Å². The fourth-order valence-electron chi connectivity index (χ4n) is 1.75. The van der Waals surface area contributed by atoms with E-state index in [2.05, 4.69) is 0 Å². The zero-order chi connectivity index (χ0) is 12.1. The van der Waals surface area contributed by atoms with Gasteiger partial charge in [0.1, 0.15) is 0 Å². The van der Waals surface area contributed by atoms with Crippen LogP contribution in [0.15, 0.2) is 18.2 Å². The van der Waals surface area contributed by atoms with Crippen LogP contribution in [0.5, 0.6) is 0 Å². The van der Waals surface area contributed by atoms with E-state index in [4.69, 9.17) is 14.9 Å². The van der Waals surface area contributed by atoms with Crippen molar-refractivity contribution >= 4 is 5.97 Å². The Labute approximate surface area is 94.5 Å². The second-order valence-corrected chi connectivity index (χ2v) is 3.63. The van der Waals surface area contributed by atoms with Gasteiger partial charge in [-0.25, -0.2) is 4.79 Å². The Hall–Kier alpha value is -1.39. The Bertz CT molecular complexity index is 373. The van der Waals surface area contributed by atoms with Gasteiger partial charge in [0.2, 0.25) is 0 Å². The van der Waals surface area contributed by atoms with E-state index in [1.807, 2.05) is 13.0 Å². The Kier molecular flexibility index (Phi) is 4.46. The molecule has 2 rings (SSSR count). The van der Waals surface area contributed by atoms with Crippen LogP contribution in [0, 0.1) is 0 Å². The molecule has 2 N–H and O–H groups in total. The van der Waals surface area contributed by atoms with Crippen LogP contribution in [0.4, 0.5) is 0 Å². The number of carboxylic acids is 1. The monoisotopic (exact) mass is 224 g/mol. The highest BCUT2D eigenvalue weighted by atomic mass is 16.5.